The number of aromatic nitrogens is 4. The molecular weight excluding hydrogens is 608 g/mol. The van der Waals surface area contributed by atoms with Gasteiger partial charge in [-0.25, -0.2) is 39.1 Å². The molecule has 0 spiro atoms. The summed E-state index contributed by atoms with van der Waals surface area (Å²) in [6.07, 6.45) is 10.5. The zero-order valence-electron chi connectivity index (χ0n) is 23.6. The minimum atomic E-state index is -1.51. The predicted octanol–water partition coefficient (Wildman–Crippen LogP) is -0.542. The molecule has 0 aliphatic heterocycles. The number of hydrogen-bond donors (Lipinski definition) is 6. The average molecular weight is 637 g/mol. The number of rotatable bonds is 8. The Morgan fingerprint density at radius 2 is 0.783 bits per heavy atom. The van der Waals surface area contributed by atoms with Crippen LogP contribution in [0.1, 0.15) is 0 Å². The second-order valence-electron chi connectivity index (χ2n) is 7.72. The number of H-pyrrole nitrogens is 4. The standard InChI is InChI=1S/2C9H8N2.3C4H4O4/c2*1-2-4-8(5-3-1)9-10-6-7-11-9;3*5-3(6)1-2-4(7)8/h2*1-7H,(H,10,11);3*1-2H,(H,5,6)(H,7,8)/b;;3*2-1+. The number of carbonyl (C=O) groups is 6. The number of aliphatic carboxylic acids is 6. The summed E-state index contributed by atoms with van der Waals surface area (Å²) in [5.41, 5.74) is 2.36. The first kappa shape index (κ1) is 38.9. The first-order valence-electron chi connectivity index (χ1n) is 12.4. The first-order valence-corrected chi connectivity index (χ1v) is 12.4. The maximum absolute atomic E-state index is 9.55. The third-order valence-corrected chi connectivity index (χ3v) is 4.29. The number of aromatic amines is 4. The molecule has 0 radical (unpaired) electrons. The van der Waals surface area contributed by atoms with Crippen LogP contribution in [0.3, 0.4) is 0 Å². The fraction of sp³-hybridized carbons (Fsp3) is 0. The van der Waals surface area contributed by atoms with Crippen LogP contribution in [0, 0.1) is 0 Å². The van der Waals surface area contributed by atoms with Gasteiger partial charge in [0, 0.05) is 24.3 Å². The van der Waals surface area contributed by atoms with Crippen LogP contribution in [0.5, 0.6) is 0 Å². The molecule has 0 saturated carbocycles. The van der Waals surface area contributed by atoms with Gasteiger partial charge >= 0.3 is 23.9 Å². The van der Waals surface area contributed by atoms with Crippen molar-refractivity contribution in [1.29, 1.82) is 0 Å². The van der Waals surface area contributed by atoms with Crippen LogP contribution < -0.4 is 20.2 Å². The topological polar surface area (TPSA) is 289 Å². The summed E-state index contributed by atoms with van der Waals surface area (Å²) >= 11 is 0. The molecule has 16 nitrogen and oxygen atoms in total. The van der Waals surface area contributed by atoms with Crippen LogP contribution in [-0.4, -0.2) is 66.2 Å². The smallest absolute Gasteiger partial charge is 0.328 e. The maximum atomic E-state index is 9.55. The summed E-state index contributed by atoms with van der Waals surface area (Å²) in [7, 11) is 0. The summed E-state index contributed by atoms with van der Waals surface area (Å²) in [6, 6.07) is 20.3. The molecule has 46 heavy (non-hydrogen) atoms. The minimum Gasteiger partial charge on any atom is -0.545 e. The molecule has 0 aliphatic carbocycles. The van der Waals surface area contributed by atoms with Crippen molar-refractivity contribution in [2.24, 2.45) is 0 Å². The highest BCUT2D eigenvalue weighted by molar-refractivity contribution is 5.90. The molecule has 0 saturated heterocycles. The van der Waals surface area contributed by atoms with Crippen molar-refractivity contribution in [2.45, 2.75) is 0 Å². The van der Waals surface area contributed by atoms with E-state index in [4.69, 9.17) is 20.4 Å². The molecule has 0 bridgehead atoms. The molecule has 0 unspecified atom stereocenters. The molecule has 0 fully saturated rings. The molecule has 8 N–H and O–H groups in total. The largest absolute Gasteiger partial charge is 0.545 e. The van der Waals surface area contributed by atoms with Crippen molar-refractivity contribution < 1.29 is 69.4 Å². The third-order valence-electron chi connectivity index (χ3n) is 4.29. The molecule has 4 aromatic rings. The van der Waals surface area contributed by atoms with E-state index in [1.165, 1.54) is 11.1 Å². The van der Waals surface area contributed by atoms with Gasteiger partial charge in [-0.15, -0.1) is 0 Å². The molecule has 0 amide bonds. The average Bonchev–Trinajstić information content (AvgIpc) is 3.76. The minimum absolute atomic E-state index is 0.447. The molecular formula is C30H28N4O12. The lowest BCUT2D eigenvalue weighted by molar-refractivity contribution is -0.362. The lowest BCUT2D eigenvalue weighted by Gasteiger charge is -1.87. The van der Waals surface area contributed by atoms with Gasteiger partial charge in [0.25, 0.3) is 11.6 Å². The van der Waals surface area contributed by atoms with E-state index in [1.807, 2.05) is 61.2 Å². The zero-order chi connectivity index (χ0) is 34.7. The van der Waals surface area contributed by atoms with Crippen molar-refractivity contribution in [3.8, 4) is 22.8 Å². The maximum Gasteiger partial charge on any atom is 0.328 e. The molecule has 2 aromatic carbocycles. The van der Waals surface area contributed by atoms with Gasteiger partial charge in [0.2, 0.25) is 0 Å². The van der Waals surface area contributed by atoms with E-state index in [0.29, 0.717) is 36.5 Å². The molecule has 2 heterocycles. The number of imidazole rings is 2. The van der Waals surface area contributed by atoms with Crippen LogP contribution in [-0.2, 0) is 28.8 Å². The van der Waals surface area contributed by atoms with Crippen molar-refractivity contribution in [1.82, 2.24) is 9.97 Å². The number of carboxylic acids is 6. The van der Waals surface area contributed by atoms with Gasteiger partial charge in [-0.3, -0.25) is 0 Å². The van der Waals surface area contributed by atoms with E-state index >= 15 is 0 Å². The lowest BCUT2D eigenvalue weighted by atomic mass is 10.2. The second kappa shape index (κ2) is 23.5. The fourth-order valence-electron chi connectivity index (χ4n) is 2.55. The van der Waals surface area contributed by atoms with Crippen LogP contribution in [0.2, 0.25) is 0 Å². The van der Waals surface area contributed by atoms with Gasteiger partial charge in [0.05, 0.1) is 23.1 Å². The van der Waals surface area contributed by atoms with Crippen LogP contribution in [0.25, 0.3) is 22.8 Å². The molecule has 0 aliphatic rings. The third kappa shape index (κ3) is 22.6. The number of nitrogens with one attached hydrogen (secondary N) is 4. The number of carboxylic acid groups (broad SMARTS) is 6. The zero-order valence-corrected chi connectivity index (χ0v) is 23.6. The Kier molecular flexibility index (Phi) is 19.8. The highest BCUT2D eigenvalue weighted by Gasteiger charge is 2.03. The normalized spacial score (nSPS) is 9.65. The highest BCUT2D eigenvalue weighted by atomic mass is 16.4. The van der Waals surface area contributed by atoms with Crippen LogP contribution in [0.15, 0.2) is 122 Å². The van der Waals surface area contributed by atoms with E-state index in [1.54, 1.807) is 0 Å². The number of benzene rings is 2. The monoisotopic (exact) mass is 636 g/mol. The Morgan fingerprint density at radius 1 is 0.500 bits per heavy atom. The van der Waals surface area contributed by atoms with Gasteiger partial charge < -0.3 is 40.2 Å². The van der Waals surface area contributed by atoms with Crippen molar-refractivity contribution in [2.75, 3.05) is 0 Å². The van der Waals surface area contributed by atoms with Crippen molar-refractivity contribution >= 4 is 35.8 Å². The lowest BCUT2D eigenvalue weighted by Crippen LogP contribution is -2.19. The fourth-order valence-corrected chi connectivity index (χ4v) is 2.55. The van der Waals surface area contributed by atoms with E-state index in [9.17, 15) is 39.0 Å². The number of carbonyl (C=O) groups excluding carboxylic acids is 2. The Hall–Kier alpha value is -7.10. The Morgan fingerprint density at radius 3 is 0.978 bits per heavy atom. The van der Waals surface area contributed by atoms with E-state index in [-0.39, 0.29) is 0 Å². The van der Waals surface area contributed by atoms with Gasteiger partial charge in [-0.05, 0) is 36.4 Å². The second-order valence-corrected chi connectivity index (χ2v) is 7.72. The van der Waals surface area contributed by atoms with E-state index < -0.39 is 35.8 Å². The Labute approximate surface area is 260 Å². The van der Waals surface area contributed by atoms with E-state index in [2.05, 4.69) is 44.2 Å². The van der Waals surface area contributed by atoms with Gasteiger partial charge in [-0.2, -0.15) is 0 Å². The van der Waals surface area contributed by atoms with Crippen LogP contribution in [0.4, 0.5) is 0 Å². The summed E-state index contributed by atoms with van der Waals surface area (Å²) < 4.78 is 0. The molecule has 0 atom stereocenters. The SMILES string of the molecule is O=C(O)/C=C/C(=O)O.O=C([O-])/C=C/C(=O)O.O=C([O-])/C=C/C(=O)O.c1ccc(-c2[nH]cc[nH+]2)cc1.c1ccc(-c2[nH]cc[nH+]2)cc1. The highest BCUT2D eigenvalue weighted by Crippen LogP contribution is 2.10. The summed E-state index contributed by atoms with van der Waals surface area (Å²) in [5, 5.41) is 50.1. The molecule has 4 rings (SSSR count). The van der Waals surface area contributed by atoms with Crippen LogP contribution >= 0.6 is 0 Å². The summed E-state index contributed by atoms with van der Waals surface area (Å²) in [4.78, 5) is 69.4. The molecule has 2 aromatic heterocycles. The Balaban J connectivity index is 0.000000557. The van der Waals surface area contributed by atoms with Crippen molar-refractivity contribution in [3.63, 3.8) is 0 Å². The first-order chi connectivity index (χ1) is 21.8. The van der Waals surface area contributed by atoms with Crippen molar-refractivity contribution in [3.05, 3.63) is 122 Å². The quantitative estimate of drug-likeness (QED) is 0.133. The van der Waals surface area contributed by atoms with Gasteiger partial charge in [-0.1, -0.05) is 36.4 Å². The summed E-state index contributed by atoms with van der Waals surface area (Å²) in [5.74, 6) is -6.03. The van der Waals surface area contributed by atoms with Gasteiger partial charge in [0.15, 0.2) is 0 Å². The molecule has 16 heteroatoms. The molecule has 240 valence electrons. The Bertz CT molecular complexity index is 1380. The van der Waals surface area contributed by atoms with Gasteiger partial charge in [0.1, 0.15) is 24.8 Å². The summed E-state index contributed by atoms with van der Waals surface area (Å²) in [6.45, 7) is 0. The van der Waals surface area contributed by atoms with E-state index in [0.717, 1.165) is 11.6 Å². The predicted molar refractivity (Wildman–Crippen MR) is 154 cm³/mol. The number of hydrogen-bond acceptors (Lipinski definition) is 8.